The number of ether oxygens (including phenoxy) is 2. The van der Waals surface area contributed by atoms with E-state index in [0.717, 1.165) is 11.1 Å². The first-order chi connectivity index (χ1) is 11.3. The van der Waals surface area contributed by atoms with E-state index in [1.807, 2.05) is 19.1 Å². The third kappa shape index (κ3) is 3.71. The number of aryl methyl sites for hydroxylation is 1. The van der Waals surface area contributed by atoms with Gasteiger partial charge in [0.15, 0.2) is 0 Å². The Morgan fingerprint density at radius 3 is 2.38 bits per heavy atom. The number of rotatable bonds is 5. The monoisotopic (exact) mass is 329 g/mol. The lowest BCUT2D eigenvalue weighted by atomic mass is 10.0. The average Bonchev–Trinajstić information content (AvgIpc) is 2.55. The first-order valence-corrected chi connectivity index (χ1v) is 7.48. The molecule has 0 radical (unpaired) electrons. The van der Waals surface area contributed by atoms with E-state index in [2.05, 4.69) is 13.8 Å². The number of esters is 1. The van der Waals surface area contributed by atoms with Gasteiger partial charge in [-0.25, -0.2) is 4.79 Å². The number of methoxy groups -OCH3 is 1. The van der Waals surface area contributed by atoms with E-state index in [4.69, 9.17) is 9.47 Å². The van der Waals surface area contributed by atoms with Crippen LogP contribution in [0.3, 0.4) is 0 Å². The van der Waals surface area contributed by atoms with E-state index in [1.54, 1.807) is 6.07 Å². The Morgan fingerprint density at radius 1 is 1.12 bits per heavy atom. The molecular formula is C18H19NO5. The molecule has 2 aromatic carbocycles. The molecule has 24 heavy (non-hydrogen) atoms. The normalized spacial score (nSPS) is 10.5. The summed E-state index contributed by atoms with van der Waals surface area (Å²) in [5.74, 6) is 0.388. The number of nitrogens with zero attached hydrogens (tertiary/aromatic N) is 1. The highest BCUT2D eigenvalue weighted by molar-refractivity contribution is 5.93. The number of nitro benzene ring substituents is 1. The van der Waals surface area contributed by atoms with Gasteiger partial charge in [-0.1, -0.05) is 26.0 Å². The van der Waals surface area contributed by atoms with Gasteiger partial charge in [0.2, 0.25) is 0 Å². The van der Waals surface area contributed by atoms with Crippen molar-refractivity contribution in [2.75, 3.05) is 7.11 Å². The largest absolute Gasteiger partial charge is 0.465 e. The highest BCUT2D eigenvalue weighted by Crippen LogP contribution is 2.32. The van der Waals surface area contributed by atoms with E-state index < -0.39 is 10.9 Å². The minimum absolute atomic E-state index is 0.0939. The van der Waals surface area contributed by atoms with Crippen LogP contribution in [0.4, 0.5) is 5.69 Å². The summed E-state index contributed by atoms with van der Waals surface area (Å²) in [6.45, 7) is 6.06. The van der Waals surface area contributed by atoms with Crippen LogP contribution in [0.25, 0.3) is 0 Å². The van der Waals surface area contributed by atoms with Crippen molar-refractivity contribution in [1.29, 1.82) is 0 Å². The predicted octanol–water partition coefficient (Wildman–Crippen LogP) is 4.61. The van der Waals surface area contributed by atoms with Crippen LogP contribution in [0.5, 0.6) is 11.5 Å². The minimum Gasteiger partial charge on any atom is -0.465 e. The molecule has 0 aromatic heterocycles. The van der Waals surface area contributed by atoms with Gasteiger partial charge in [-0.05, 0) is 36.1 Å². The predicted molar refractivity (Wildman–Crippen MR) is 89.8 cm³/mol. The molecule has 0 spiro atoms. The molecule has 0 unspecified atom stereocenters. The lowest BCUT2D eigenvalue weighted by Crippen LogP contribution is -2.05. The van der Waals surface area contributed by atoms with Crippen LogP contribution < -0.4 is 4.74 Å². The maximum Gasteiger partial charge on any atom is 0.341 e. The molecule has 6 heteroatoms. The maximum absolute atomic E-state index is 11.9. The van der Waals surface area contributed by atoms with Crippen LogP contribution in [0.1, 0.15) is 41.3 Å². The number of hydrogen-bond donors (Lipinski definition) is 0. The van der Waals surface area contributed by atoms with Gasteiger partial charge in [-0.15, -0.1) is 0 Å². The zero-order valence-electron chi connectivity index (χ0n) is 14.0. The molecule has 0 N–H and O–H groups in total. The Hall–Kier alpha value is -2.89. The molecule has 0 saturated carbocycles. The summed E-state index contributed by atoms with van der Waals surface area (Å²) in [7, 11) is 1.25. The van der Waals surface area contributed by atoms with E-state index in [1.165, 1.54) is 25.3 Å². The lowest BCUT2D eigenvalue weighted by molar-refractivity contribution is -0.384. The van der Waals surface area contributed by atoms with Crippen molar-refractivity contribution in [2.45, 2.75) is 26.7 Å². The number of benzene rings is 2. The van der Waals surface area contributed by atoms with Gasteiger partial charge in [-0.2, -0.15) is 0 Å². The second-order valence-corrected chi connectivity index (χ2v) is 5.71. The van der Waals surface area contributed by atoms with Crippen molar-refractivity contribution in [3.8, 4) is 11.5 Å². The SMILES string of the molecule is COC(=O)c1ccc([N+](=O)[O-])cc1Oc1ccc(C(C)C)cc1C. The Labute approximate surface area is 140 Å². The summed E-state index contributed by atoms with van der Waals surface area (Å²) in [6.07, 6.45) is 0. The summed E-state index contributed by atoms with van der Waals surface area (Å²) < 4.78 is 10.5. The zero-order chi connectivity index (χ0) is 17.9. The van der Waals surface area contributed by atoms with Crippen LogP contribution in [0.15, 0.2) is 36.4 Å². The first-order valence-electron chi connectivity index (χ1n) is 7.48. The Balaban J connectivity index is 2.45. The van der Waals surface area contributed by atoms with Crippen LogP contribution in [-0.2, 0) is 4.74 Å². The van der Waals surface area contributed by atoms with Crippen molar-refractivity contribution in [3.63, 3.8) is 0 Å². The summed E-state index contributed by atoms with van der Waals surface area (Å²) in [6, 6.07) is 9.52. The first kappa shape index (κ1) is 17.5. The van der Waals surface area contributed by atoms with Gasteiger partial charge < -0.3 is 9.47 Å². The van der Waals surface area contributed by atoms with E-state index in [9.17, 15) is 14.9 Å². The molecule has 0 bridgehead atoms. The fourth-order valence-corrected chi connectivity index (χ4v) is 2.25. The Morgan fingerprint density at radius 2 is 1.83 bits per heavy atom. The fourth-order valence-electron chi connectivity index (χ4n) is 2.25. The van der Waals surface area contributed by atoms with Gasteiger partial charge in [0.25, 0.3) is 5.69 Å². The number of non-ortho nitro benzene ring substituents is 1. The molecule has 0 aliphatic rings. The second kappa shape index (κ2) is 7.12. The topological polar surface area (TPSA) is 78.7 Å². The standard InChI is InChI=1S/C18H19NO5/c1-11(2)13-5-8-16(12(3)9-13)24-17-10-14(19(21)22)6-7-15(17)18(20)23-4/h5-11H,1-4H3. The van der Waals surface area contributed by atoms with Crippen molar-refractivity contribution < 1.29 is 19.2 Å². The smallest absolute Gasteiger partial charge is 0.341 e. The molecule has 0 fully saturated rings. The van der Waals surface area contributed by atoms with Crippen LogP contribution in [0, 0.1) is 17.0 Å². The van der Waals surface area contributed by atoms with Crippen LogP contribution >= 0.6 is 0 Å². The third-order valence-electron chi connectivity index (χ3n) is 3.67. The zero-order valence-corrected chi connectivity index (χ0v) is 14.0. The van der Waals surface area contributed by atoms with Crippen molar-refractivity contribution in [3.05, 3.63) is 63.2 Å². The van der Waals surface area contributed by atoms with Gasteiger partial charge in [0.05, 0.1) is 18.1 Å². The molecule has 6 nitrogen and oxygen atoms in total. The molecule has 0 heterocycles. The summed E-state index contributed by atoms with van der Waals surface area (Å²) in [5, 5.41) is 11.0. The van der Waals surface area contributed by atoms with Crippen molar-refractivity contribution in [1.82, 2.24) is 0 Å². The van der Waals surface area contributed by atoms with E-state index in [-0.39, 0.29) is 17.0 Å². The van der Waals surface area contributed by atoms with Crippen LogP contribution in [-0.4, -0.2) is 18.0 Å². The molecule has 0 aliphatic heterocycles. The molecule has 0 aliphatic carbocycles. The molecule has 0 amide bonds. The van der Waals surface area contributed by atoms with Gasteiger partial charge in [0.1, 0.15) is 17.1 Å². The average molecular weight is 329 g/mol. The van der Waals surface area contributed by atoms with Gasteiger partial charge in [0, 0.05) is 6.07 Å². The molecule has 2 rings (SSSR count). The number of carbonyl (C=O) groups is 1. The molecule has 126 valence electrons. The summed E-state index contributed by atoms with van der Waals surface area (Å²) >= 11 is 0. The Bertz CT molecular complexity index is 783. The molecule has 0 atom stereocenters. The van der Waals surface area contributed by atoms with Crippen molar-refractivity contribution in [2.24, 2.45) is 0 Å². The van der Waals surface area contributed by atoms with Crippen molar-refractivity contribution >= 4 is 11.7 Å². The lowest BCUT2D eigenvalue weighted by Gasteiger charge is -2.14. The van der Waals surface area contributed by atoms with Crippen LogP contribution in [0.2, 0.25) is 0 Å². The number of hydrogen-bond acceptors (Lipinski definition) is 5. The number of nitro groups is 1. The van der Waals surface area contributed by atoms with Gasteiger partial charge >= 0.3 is 5.97 Å². The van der Waals surface area contributed by atoms with E-state index in [0.29, 0.717) is 11.7 Å². The molecule has 2 aromatic rings. The molecule has 0 saturated heterocycles. The Kier molecular flexibility index (Phi) is 5.18. The van der Waals surface area contributed by atoms with Gasteiger partial charge in [-0.3, -0.25) is 10.1 Å². The highest BCUT2D eigenvalue weighted by Gasteiger charge is 2.19. The summed E-state index contributed by atoms with van der Waals surface area (Å²) in [4.78, 5) is 22.3. The maximum atomic E-state index is 11.9. The summed E-state index contributed by atoms with van der Waals surface area (Å²) in [5.41, 5.74) is 2.01. The third-order valence-corrected chi connectivity index (χ3v) is 3.67. The fraction of sp³-hybridized carbons (Fsp3) is 0.278. The highest BCUT2D eigenvalue weighted by atomic mass is 16.6. The minimum atomic E-state index is -0.614. The second-order valence-electron chi connectivity index (χ2n) is 5.71. The quantitative estimate of drug-likeness (QED) is 0.455. The van der Waals surface area contributed by atoms with E-state index >= 15 is 0 Å². The number of carbonyl (C=O) groups excluding carboxylic acids is 1. The molecular weight excluding hydrogens is 310 g/mol.